The molecule has 5 rings (SSSR count). The normalized spacial score (nSPS) is 18.4. The number of carbonyl (C=O) groups is 1. The van der Waals surface area contributed by atoms with E-state index in [2.05, 4.69) is 9.97 Å². The number of fused-ring (bicyclic) bond motifs is 3. The first kappa shape index (κ1) is 18.0. The Balaban J connectivity index is 1.46. The summed E-state index contributed by atoms with van der Waals surface area (Å²) in [6, 6.07) is 6.93. The van der Waals surface area contributed by atoms with Gasteiger partial charge >= 0.3 is 0 Å². The number of halogens is 1. The summed E-state index contributed by atoms with van der Waals surface area (Å²) in [6.45, 7) is 3.89. The number of carbonyl (C=O) groups excluding carboxylic acids is 1. The highest BCUT2D eigenvalue weighted by atomic mass is 19.1. The Morgan fingerprint density at radius 2 is 2.10 bits per heavy atom. The lowest BCUT2D eigenvalue weighted by atomic mass is 10.0. The van der Waals surface area contributed by atoms with Gasteiger partial charge in [0.25, 0.3) is 5.91 Å². The van der Waals surface area contributed by atoms with Gasteiger partial charge in [-0.3, -0.25) is 9.78 Å². The number of aromatic nitrogens is 2. The number of likely N-dealkylation sites (tertiary alicyclic amines) is 1. The molecule has 3 aromatic rings. The van der Waals surface area contributed by atoms with Crippen molar-refractivity contribution in [1.82, 2.24) is 14.9 Å². The van der Waals surface area contributed by atoms with Crippen LogP contribution in [0.3, 0.4) is 0 Å². The molecule has 2 aliphatic rings. The van der Waals surface area contributed by atoms with E-state index in [4.69, 9.17) is 10.5 Å². The number of nitrogens with two attached hydrogens (primary N) is 1. The molecular weight excluding hydrogens is 371 g/mol. The van der Waals surface area contributed by atoms with E-state index in [1.165, 1.54) is 6.07 Å². The highest BCUT2D eigenvalue weighted by molar-refractivity contribution is 5.99. The van der Waals surface area contributed by atoms with Crippen LogP contribution in [0.2, 0.25) is 0 Å². The van der Waals surface area contributed by atoms with Crippen molar-refractivity contribution >= 4 is 22.6 Å². The van der Waals surface area contributed by atoms with Crippen LogP contribution in [-0.4, -0.2) is 33.9 Å². The summed E-state index contributed by atoms with van der Waals surface area (Å²) in [5.74, 6) is -0.354. The maximum absolute atomic E-state index is 14.8. The molecule has 0 spiro atoms. The number of hydrogen-bond donors (Lipinski definition) is 1. The number of benzene rings is 1. The summed E-state index contributed by atoms with van der Waals surface area (Å²) >= 11 is 0. The van der Waals surface area contributed by atoms with Crippen molar-refractivity contribution in [2.75, 3.05) is 18.8 Å². The molecule has 0 saturated carbocycles. The molecule has 1 aromatic carbocycles. The maximum Gasteiger partial charge on any atom is 0.256 e. The summed E-state index contributed by atoms with van der Waals surface area (Å²) in [5, 5.41) is 0.729. The van der Waals surface area contributed by atoms with Gasteiger partial charge in [-0.25, -0.2) is 9.37 Å². The third-order valence-corrected chi connectivity index (χ3v) is 5.88. The van der Waals surface area contributed by atoms with Gasteiger partial charge in [0, 0.05) is 47.9 Å². The third-order valence-electron chi connectivity index (χ3n) is 5.88. The summed E-state index contributed by atoms with van der Waals surface area (Å²) in [4.78, 5) is 23.6. The quantitative estimate of drug-likeness (QED) is 0.724. The third kappa shape index (κ3) is 3.02. The lowest BCUT2D eigenvalue weighted by Crippen LogP contribution is -2.29. The van der Waals surface area contributed by atoms with Crippen LogP contribution in [0.25, 0.3) is 10.9 Å². The maximum atomic E-state index is 14.8. The number of amides is 1. The lowest BCUT2D eigenvalue weighted by Gasteiger charge is -2.18. The number of nitrogens with zero attached hydrogens (tertiary/aromatic N) is 3. The molecule has 1 unspecified atom stereocenters. The van der Waals surface area contributed by atoms with Crippen molar-refractivity contribution < 1.29 is 13.9 Å². The minimum atomic E-state index is -0.579. The predicted molar refractivity (Wildman–Crippen MR) is 107 cm³/mol. The topological polar surface area (TPSA) is 81.3 Å². The molecule has 2 aliphatic heterocycles. The molecule has 1 amide bonds. The number of hydrogen-bond acceptors (Lipinski definition) is 5. The van der Waals surface area contributed by atoms with Gasteiger partial charge in [-0.15, -0.1) is 0 Å². The van der Waals surface area contributed by atoms with E-state index in [-0.39, 0.29) is 17.4 Å². The molecule has 29 heavy (non-hydrogen) atoms. The van der Waals surface area contributed by atoms with Gasteiger partial charge < -0.3 is 15.4 Å². The Kier molecular flexibility index (Phi) is 4.20. The van der Waals surface area contributed by atoms with Crippen LogP contribution in [0.15, 0.2) is 30.5 Å². The van der Waals surface area contributed by atoms with E-state index >= 15 is 0 Å². The van der Waals surface area contributed by atoms with Crippen LogP contribution in [0, 0.1) is 12.7 Å². The fourth-order valence-electron chi connectivity index (χ4n) is 4.23. The van der Waals surface area contributed by atoms with Crippen LogP contribution < -0.4 is 5.73 Å². The zero-order chi connectivity index (χ0) is 20.1. The molecule has 0 aliphatic carbocycles. The molecule has 7 heteroatoms. The summed E-state index contributed by atoms with van der Waals surface area (Å²) in [6.07, 6.45) is 2.66. The van der Waals surface area contributed by atoms with E-state index in [0.717, 1.165) is 34.2 Å². The van der Waals surface area contributed by atoms with Crippen molar-refractivity contribution in [2.24, 2.45) is 0 Å². The second kappa shape index (κ2) is 6.77. The van der Waals surface area contributed by atoms with Crippen LogP contribution in [0.1, 0.15) is 45.1 Å². The molecule has 1 fully saturated rings. The van der Waals surface area contributed by atoms with Gasteiger partial charge in [0.1, 0.15) is 11.6 Å². The number of aryl methyl sites for hydroxylation is 1. The first-order valence-corrected chi connectivity index (χ1v) is 9.71. The standard InChI is InChI=1S/C22H21FN4O2/c1-12-2-3-19(25-8-12)13-4-5-27(9-13)22(28)15-6-14-16-10-29-11-17(16)21(24)26-20(14)7-18(15)23/h2-3,6-8,13H,4-5,9-11H2,1H3,(H2,24,26). The minimum absolute atomic E-state index is 0.0655. The van der Waals surface area contributed by atoms with Gasteiger partial charge in [0.15, 0.2) is 0 Å². The van der Waals surface area contributed by atoms with Crippen molar-refractivity contribution in [2.45, 2.75) is 32.5 Å². The van der Waals surface area contributed by atoms with E-state index in [9.17, 15) is 9.18 Å². The fourth-order valence-corrected chi connectivity index (χ4v) is 4.23. The largest absolute Gasteiger partial charge is 0.383 e. The van der Waals surface area contributed by atoms with E-state index in [1.54, 1.807) is 11.0 Å². The molecule has 2 N–H and O–H groups in total. The van der Waals surface area contributed by atoms with E-state index in [1.807, 2.05) is 25.3 Å². The molecular formula is C22H21FN4O2. The van der Waals surface area contributed by atoms with Crippen LogP contribution in [0.5, 0.6) is 0 Å². The predicted octanol–water partition coefficient (Wildman–Crippen LogP) is 3.32. The number of pyridine rings is 2. The average Bonchev–Trinajstić information content (AvgIpc) is 3.38. The van der Waals surface area contributed by atoms with Gasteiger partial charge in [0.2, 0.25) is 0 Å². The number of nitrogen functional groups attached to an aromatic ring is 1. The molecule has 148 valence electrons. The molecule has 0 bridgehead atoms. The van der Waals surface area contributed by atoms with Gasteiger partial charge in [0.05, 0.1) is 24.3 Å². The fraction of sp³-hybridized carbons (Fsp3) is 0.318. The van der Waals surface area contributed by atoms with Gasteiger partial charge in [-0.1, -0.05) is 6.07 Å². The Morgan fingerprint density at radius 3 is 2.90 bits per heavy atom. The summed E-state index contributed by atoms with van der Waals surface area (Å²) in [7, 11) is 0. The van der Waals surface area contributed by atoms with Crippen molar-refractivity contribution in [3.63, 3.8) is 0 Å². The van der Waals surface area contributed by atoms with E-state index in [0.29, 0.717) is 37.6 Å². The first-order valence-electron chi connectivity index (χ1n) is 9.71. The number of rotatable bonds is 2. The average molecular weight is 392 g/mol. The van der Waals surface area contributed by atoms with Crippen molar-refractivity contribution in [3.05, 3.63) is 64.2 Å². The van der Waals surface area contributed by atoms with Crippen LogP contribution >= 0.6 is 0 Å². The smallest absolute Gasteiger partial charge is 0.256 e. The van der Waals surface area contributed by atoms with Gasteiger partial charge in [-0.2, -0.15) is 0 Å². The second-order valence-corrected chi connectivity index (χ2v) is 7.79. The highest BCUT2D eigenvalue weighted by Crippen LogP contribution is 2.33. The lowest BCUT2D eigenvalue weighted by molar-refractivity contribution is 0.0786. The molecule has 1 saturated heterocycles. The first-order chi connectivity index (χ1) is 14.0. The van der Waals surface area contributed by atoms with Crippen LogP contribution in [-0.2, 0) is 18.0 Å². The number of ether oxygens (including phenoxy) is 1. The molecule has 1 atom stereocenters. The Morgan fingerprint density at radius 1 is 1.28 bits per heavy atom. The Bertz CT molecular complexity index is 1130. The van der Waals surface area contributed by atoms with Crippen LogP contribution in [0.4, 0.5) is 10.2 Å². The molecule has 0 radical (unpaired) electrons. The minimum Gasteiger partial charge on any atom is -0.383 e. The SMILES string of the molecule is Cc1ccc(C2CCN(C(=O)c3cc4c5c(c(N)nc4cc3F)COC5)C2)nc1. The number of anilines is 1. The Labute approximate surface area is 167 Å². The molecule has 6 nitrogen and oxygen atoms in total. The zero-order valence-corrected chi connectivity index (χ0v) is 16.1. The van der Waals surface area contributed by atoms with Gasteiger partial charge in [-0.05, 0) is 36.6 Å². The highest BCUT2D eigenvalue weighted by Gasteiger charge is 2.31. The summed E-state index contributed by atoms with van der Waals surface area (Å²) in [5.41, 5.74) is 10.3. The van der Waals surface area contributed by atoms with Crippen molar-refractivity contribution in [3.8, 4) is 0 Å². The van der Waals surface area contributed by atoms with E-state index < -0.39 is 5.82 Å². The Hall–Kier alpha value is -3.06. The monoisotopic (exact) mass is 392 g/mol. The van der Waals surface area contributed by atoms with Crippen molar-refractivity contribution in [1.29, 1.82) is 0 Å². The summed E-state index contributed by atoms with van der Waals surface area (Å²) < 4.78 is 20.3. The second-order valence-electron chi connectivity index (χ2n) is 7.79. The zero-order valence-electron chi connectivity index (χ0n) is 16.1. The molecule has 4 heterocycles. The molecule has 2 aromatic heterocycles.